The van der Waals surface area contributed by atoms with E-state index in [0.717, 1.165) is 16.3 Å². The maximum Gasteiger partial charge on any atom is 0.251 e. The summed E-state index contributed by atoms with van der Waals surface area (Å²) in [6.07, 6.45) is 0. The molecule has 1 aromatic heterocycles. The lowest BCUT2D eigenvalue weighted by Gasteiger charge is -2.08. The lowest BCUT2D eigenvalue weighted by molar-refractivity contribution is 0.0951. The summed E-state index contributed by atoms with van der Waals surface area (Å²) in [5, 5.41) is 4.65. The molecule has 110 valence electrons. The van der Waals surface area contributed by atoms with Crippen LogP contribution in [0.1, 0.15) is 15.9 Å². The maximum absolute atomic E-state index is 12.0. The Morgan fingerprint density at radius 3 is 2.59 bits per heavy atom. The number of fused-ring (bicyclic) bond motifs is 1. The second-order valence-electron chi connectivity index (χ2n) is 5.04. The first kappa shape index (κ1) is 13.9. The minimum absolute atomic E-state index is 0.107. The lowest BCUT2D eigenvalue weighted by Crippen LogP contribution is -2.22. The molecule has 5 heteroatoms. The van der Waals surface area contributed by atoms with Crippen LogP contribution in [0.5, 0.6) is 0 Å². The van der Waals surface area contributed by atoms with Crippen LogP contribution in [-0.4, -0.2) is 10.9 Å². The van der Waals surface area contributed by atoms with Gasteiger partial charge in [-0.1, -0.05) is 30.3 Å². The van der Waals surface area contributed by atoms with Crippen LogP contribution in [0.2, 0.25) is 0 Å². The predicted molar refractivity (Wildman–Crippen MR) is 88.2 cm³/mol. The number of carbonyl (C=O) groups excluding carboxylic acids is 1. The van der Waals surface area contributed by atoms with Gasteiger partial charge in [0, 0.05) is 17.5 Å². The number of rotatable bonds is 3. The fourth-order valence-corrected chi connectivity index (χ4v) is 2.33. The fourth-order valence-electron chi connectivity index (χ4n) is 2.33. The van der Waals surface area contributed by atoms with Gasteiger partial charge < -0.3 is 16.8 Å². The van der Waals surface area contributed by atoms with Gasteiger partial charge in [-0.25, -0.2) is 4.98 Å². The number of amides is 1. The summed E-state index contributed by atoms with van der Waals surface area (Å²) in [6, 6.07) is 16.7. The smallest absolute Gasteiger partial charge is 0.251 e. The first-order valence-electron chi connectivity index (χ1n) is 6.91. The second kappa shape index (κ2) is 5.73. The van der Waals surface area contributed by atoms with Crippen LogP contribution < -0.4 is 16.8 Å². The minimum atomic E-state index is -0.107. The summed E-state index contributed by atoms with van der Waals surface area (Å²) in [7, 11) is 0. The Bertz CT molecular complexity index is 831. The Labute approximate surface area is 128 Å². The van der Waals surface area contributed by atoms with Gasteiger partial charge in [0.2, 0.25) is 0 Å². The Morgan fingerprint density at radius 2 is 1.82 bits per heavy atom. The monoisotopic (exact) mass is 292 g/mol. The van der Waals surface area contributed by atoms with E-state index in [1.54, 1.807) is 18.2 Å². The van der Waals surface area contributed by atoms with E-state index in [0.29, 0.717) is 23.7 Å². The van der Waals surface area contributed by atoms with Gasteiger partial charge >= 0.3 is 0 Å². The molecule has 1 heterocycles. The SMILES string of the molecule is Nc1cc2ccc(CNC(=O)c3ccccc3)cc2c(N)n1. The van der Waals surface area contributed by atoms with Crippen molar-refractivity contribution in [3.05, 3.63) is 65.7 Å². The highest BCUT2D eigenvalue weighted by molar-refractivity contribution is 5.95. The van der Waals surface area contributed by atoms with Gasteiger partial charge in [0.25, 0.3) is 5.91 Å². The van der Waals surface area contributed by atoms with Gasteiger partial charge in [-0.15, -0.1) is 0 Å². The van der Waals surface area contributed by atoms with Crippen LogP contribution in [0, 0.1) is 0 Å². The van der Waals surface area contributed by atoms with Gasteiger partial charge in [0.05, 0.1) is 0 Å². The van der Waals surface area contributed by atoms with Gasteiger partial charge in [-0.2, -0.15) is 0 Å². The molecular formula is C17H16N4O. The zero-order valence-corrected chi connectivity index (χ0v) is 11.9. The molecular weight excluding hydrogens is 276 g/mol. The first-order valence-corrected chi connectivity index (χ1v) is 6.91. The van der Waals surface area contributed by atoms with Crippen molar-refractivity contribution in [1.29, 1.82) is 0 Å². The van der Waals surface area contributed by atoms with E-state index in [2.05, 4.69) is 10.3 Å². The topological polar surface area (TPSA) is 94.0 Å². The summed E-state index contributed by atoms with van der Waals surface area (Å²) >= 11 is 0. The molecule has 0 spiro atoms. The first-order chi connectivity index (χ1) is 10.6. The lowest BCUT2D eigenvalue weighted by atomic mass is 10.1. The normalized spacial score (nSPS) is 10.5. The number of aromatic nitrogens is 1. The summed E-state index contributed by atoms with van der Waals surface area (Å²) in [6.45, 7) is 0.424. The molecule has 22 heavy (non-hydrogen) atoms. The quantitative estimate of drug-likeness (QED) is 0.690. The van der Waals surface area contributed by atoms with Gasteiger partial charge in [0.1, 0.15) is 11.6 Å². The van der Waals surface area contributed by atoms with E-state index in [1.807, 2.05) is 36.4 Å². The van der Waals surface area contributed by atoms with Crippen molar-refractivity contribution < 1.29 is 4.79 Å². The highest BCUT2D eigenvalue weighted by Crippen LogP contribution is 2.22. The van der Waals surface area contributed by atoms with Crippen LogP contribution in [0.15, 0.2) is 54.6 Å². The summed E-state index contributed by atoms with van der Waals surface area (Å²) in [4.78, 5) is 16.1. The number of nitrogens with one attached hydrogen (secondary N) is 1. The molecule has 1 amide bonds. The summed E-state index contributed by atoms with van der Waals surface area (Å²) in [5.41, 5.74) is 13.2. The molecule has 0 radical (unpaired) electrons. The number of hydrogen-bond donors (Lipinski definition) is 3. The number of pyridine rings is 1. The number of hydrogen-bond acceptors (Lipinski definition) is 4. The largest absolute Gasteiger partial charge is 0.384 e. The highest BCUT2D eigenvalue weighted by atomic mass is 16.1. The molecule has 5 nitrogen and oxygen atoms in total. The van der Waals surface area contributed by atoms with Gasteiger partial charge in [-0.05, 0) is 35.2 Å². The molecule has 3 aromatic rings. The standard InChI is InChI=1S/C17H16N4O/c18-15-9-13-7-6-11(8-14(13)16(19)21-15)10-20-17(22)12-4-2-1-3-5-12/h1-9H,10H2,(H,20,22)(H4,18,19,21). The molecule has 0 aliphatic heterocycles. The molecule has 2 aromatic carbocycles. The van der Waals surface area contributed by atoms with E-state index in [1.165, 1.54) is 0 Å². The van der Waals surface area contributed by atoms with Crippen LogP contribution in [0.25, 0.3) is 10.8 Å². The van der Waals surface area contributed by atoms with Crippen molar-refractivity contribution in [3.8, 4) is 0 Å². The van der Waals surface area contributed by atoms with Crippen LogP contribution in [0.4, 0.5) is 11.6 Å². The average Bonchev–Trinajstić information content (AvgIpc) is 2.53. The number of benzene rings is 2. The molecule has 0 aliphatic carbocycles. The van der Waals surface area contributed by atoms with Gasteiger partial charge in [-0.3, -0.25) is 4.79 Å². The van der Waals surface area contributed by atoms with Gasteiger partial charge in [0.15, 0.2) is 0 Å². The van der Waals surface area contributed by atoms with E-state index in [-0.39, 0.29) is 5.91 Å². The molecule has 0 fully saturated rings. The van der Waals surface area contributed by atoms with Crippen molar-refractivity contribution in [2.24, 2.45) is 0 Å². The summed E-state index contributed by atoms with van der Waals surface area (Å²) < 4.78 is 0. The number of nitrogens with two attached hydrogens (primary N) is 2. The van der Waals surface area contributed by atoms with Crippen molar-refractivity contribution in [2.45, 2.75) is 6.54 Å². The predicted octanol–water partition coefficient (Wildman–Crippen LogP) is 2.33. The maximum atomic E-state index is 12.0. The fraction of sp³-hybridized carbons (Fsp3) is 0.0588. The number of nitrogen functional groups attached to an aromatic ring is 2. The van der Waals surface area contributed by atoms with E-state index in [9.17, 15) is 4.79 Å². The zero-order chi connectivity index (χ0) is 15.5. The van der Waals surface area contributed by atoms with Crippen molar-refractivity contribution in [2.75, 3.05) is 11.5 Å². The molecule has 0 bridgehead atoms. The Hall–Kier alpha value is -3.08. The molecule has 0 saturated carbocycles. The molecule has 0 saturated heterocycles. The number of anilines is 2. The van der Waals surface area contributed by atoms with Crippen molar-refractivity contribution >= 4 is 28.3 Å². The van der Waals surface area contributed by atoms with Crippen LogP contribution >= 0.6 is 0 Å². The third kappa shape index (κ3) is 2.83. The molecule has 0 atom stereocenters. The van der Waals surface area contributed by atoms with E-state index < -0.39 is 0 Å². The van der Waals surface area contributed by atoms with Crippen molar-refractivity contribution in [3.63, 3.8) is 0 Å². The molecule has 0 unspecified atom stereocenters. The average molecular weight is 292 g/mol. The van der Waals surface area contributed by atoms with E-state index in [4.69, 9.17) is 11.5 Å². The molecule has 0 aliphatic rings. The number of nitrogens with zero attached hydrogens (tertiary/aromatic N) is 1. The van der Waals surface area contributed by atoms with Crippen LogP contribution in [-0.2, 0) is 6.54 Å². The van der Waals surface area contributed by atoms with Crippen molar-refractivity contribution in [1.82, 2.24) is 10.3 Å². The Morgan fingerprint density at radius 1 is 1.05 bits per heavy atom. The Kier molecular flexibility index (Phi) is 3.62. The minimum Gasteiger partial charge on any atom is -0.384 e. The van der Waals surface area contributed by atoms with E-state index >= 15 is 0 Å². The second-order valence-corrected chi connectivity index (χ2v) is 5.04. The molecule has 3 rings (SSSR count). The Balaban J connectivity index is 1.79. The molecule has 5 N–H and O–H groups in total. The third-order valence-electron chi connectivity index (χ3n) is 3.44. The van der Waals surface area contributed by atoms with Crippen LogP contribution in [0.3, 0.4) is 0 Å². The zero-order valence-electron chi connectivity index (χ0n) is 11.9. The third-order valence-corrected chi connectivity index (χ3v) is 3.44. The number of carbonyl (C=O) groups is 1. The summed E-state index contributed by atoms with van der Waals surface area (Å²) in [5.74, 6) is 0.686. The highest BCUT2D eigenvalue weighted by Gasteiger charge is 2.06.